The quantitative estimate of drug-likeness (QED) is 0.620. The highest BCUT2D eigenvalue weighted by Crippen LogP contribution is 2.88. The van der Waals surface area contributed by atoms with Gasteiger partial charge in [-0.15, -0.1) is 0 Å². The average molecular weight is 268 g/mol. The van der Waals surface area contributed by atoms with Crippen molar-refractivity contribution in [1.29, 1.82) is 0 Å². The van der Waals surface area contributed by atoms with E-state index in [0.29, 0.717) is 21.9 Å². The van der Waals surface area contributed by atoms with Crippen molar-refractivity contribution in [3.63, 3.8) is 0 Å². The molecule has 0 radical (unpaired) electrons. The summed E-state index contributed by atoms with van der Waals surface area (Å²) in [5.41, 5.74) is 0. The number of allylic oxidation sites excluding steroid dienone is 4. The SMILES string of the molecule is ClC1=C(Cl)C2C(C(Cl)=C1Cl)C1C3C2C13. The van der Waals surface area contributed by atoms with Gasteiger partial charge < -0.3 is 0 Å². The largest absolute Gasteiger partial charge is 0.0871 e. The molecule has 0 aromatic rings. The molecule has 5 rings (SSSR count). The van der Waals surface area contributed by atoms with Gasteiger partial charge in [-0.3, -0.25) is 0 Å². The Morgan fingerprint density at radius 1 is 0.571 bits per heavy atom. The monoisotopic (exact) mass is 266 g/mol. The molecule has 0 spiro atoms. The Morgan fingerprint density at radius 3 is 1.29 bits per heavy atom. The molecule has 0 N–H and O–H groups in total. The maximum absolute atomic E-state index is 6.23. The van der Waals surface area contributed by atoms with Crippen molar-refractivity contribution in [3.05, 3.63) is 20.1 Å². The van der Waals surface area contributed by atoms with Gasteiger partial charge in [0.1, 0.15) is 0 Å². The highest BCUT2D eigenvalue weighted by Gasteiger charge is 2.85. The summed E-state index contributed by atoms with van der Waals surface area (Å²) in [5, 5.41) is 2.46. The molecule has 0 aliphatic heterocycles. The van der Waals surface area contributed by atoms with Crippen molar-refractivity contribution in [2.24, 2.45) is 35.5 Å². The summed E-state index contributed by atoms with van der Waals surface area (Å²) in [6.45, 7) is 0. The third kappa shape index (κ3) is 0.724. The minimum atomic E-state index is 0.388. The van der Waals surface area contributed by atoms with E-state index in [2.05, 4.69) is 0 Å². The highest BCUT2D eigenvalue weighted by atomic mass is 35.5. The van der Waals surface area contributed by atoms with Gasteiger partial charge >= 0.3 is 0 Å². The fraction of sp³-hybridized carbons (Fsp3) is 0.600. The van der Waals surface area contributed by atoms with Crippen LogP contribution in [0.25, 0.3) is 0 Å². The van der Waals surface area contributed by atoms with E-state index in [9.17, 15) is 0 Å². The van der Waals surface area contributed by atoms with Crippen LogP contribution in [0.2, 0.25) is 0 Å². The molecule has 5 aliphatic carbocycles. The summed E-state index contributed by atoms with van der Waals surface area (Å²) in [7, 11) is 0. The Hall–Kier alpha value is 0.640. The first kappa shape index (κ1) is 8.75. The van der Waals surface area contributed by atoms with Crippen LogP contribution in [0.15, 0.2) is 20.1 Å². The van der Waals surface area contributed by atoms with Crippen molar-refractivity contribution < 1.29 is 0 Å². The Labute approximate surface area is 102 Å². The van der Waals surface area contributed by atoms with Gasteiger partial charge in [-0.1, -0.05) is 46.4 Å². The fourth-order valence-corrected chi connectivity index (χ4v) is 5.03. The lowest BCUT2D eigenvalue weighted by Gasteiger charge is -2.25. The van der Waals surface area contributed by atoms with E-state index < -0.39 is 0 Å². The summed E-state index contributed by atoms with van der Waals surface area (Å²) < 4.78 is 0. The standard InChI is InChI=1S/C10H6Cl4/c11-7-5-3-1-2(3)4(1)6(5)8(12)10(14)9(7)13/h1-6H. The zero-order chi connectivity index (χ0) is 9.77. The van der Waals surface area contributed by atoms with Crippen molar-refractivity contribution in [1.82, 2.24) is 0 Å². The van der Waals surface area contributed by atoms with Crippen LogP contribution in [0.5, 0.6) is 0 Å². The highest BCUT2D eigenvalue weighted by molar-refractivity contribution is 6.51. The predicted octanol–water partition coefficient (Wildman–Crippen LogP) is 4.12. The van der Waals surface area contributed by atoms with E-state index in [-0.39, 0.29) is 0 Å². The van der Waals surface area contributed by atoms with Crippen LogP contribution in [0.1, 0.15) is 0 Å². The lowest BCUT2D eigenvalue weighted by molar-refractivity contribution is 0.518. The predicted molar refractivity (Wildman–Crippen MR) is 58.4 cm³/mol. The Bertz CT molecular complexity index is 374. The number of hydrogen-bond acceptors (Lipinski definition) is 0. The van der Waals surface area contributed by atoms with Gasteiger partial charge in [-0.05, 0) is 23.7 Å². The van der Waals surface area contributed by atoms with E-state index >= 15 is 0 Å². The summed E-state index contributed by atoms with van der Waals surface area (Å²) in [6, 6.07) is 0. The molecule has 74 valence electrons. The molecule has 4 saturated carbocycles. The molecule has 14 heavy (non-hydrogen) atoms. The Balaban J connectivity index is 1.91. The van der Waals surface area contributed by atoms with Crippen LogP contribution < -0.4 is 0 Å². The Morgan fingerprint density at radius 2 is 0.929 bits per heavy atom. The lowest BCUT2D eigenvalue weighted by atomic mass is 9.91. The van der Waals surface area contributed by atoms with E-state index in [1.807, 2.05) is 0 Å². The molecular weight excluding hydrogens is 262 g/mol. The van der Waals surface area contributed by atoms with Gasteiger partial charge in [0, 0.05) is 21.9 Å². The molecule has 2 unspecified atom stereocenters. The fourth-order valence-electron chi connectivity index (χ4n) is 3.73. The van der Waals surface area contributed by atoms with Gasteiger partial charge in [-0.25, -0.2) is 0 Å². The molecule has 0 heterocycles. The second kappa shape index (κ2) is 2.32. The second-order valence-electron chi connectivity index (χ2n) is 4.68. The van der Waals surface area contributed by atoms with E-state index in [0.717, 1.165) is 33.7 Å². The van der Waals surface area contributed by atoms with E-state index in [1.165, 1.54) is 0 Å². The van der Waals surface area contributed by atoms with Gasteiger partial charge in [-0.2, -0.15) is 0 Å². The smallest absolute Gasteiger partial charge is 0.0752 e. The van der Waals surface area contributed by atoms with Crippen LogP contribution in [-0.2, 0) is 0 Å². The molecule has 0 amide bonds. The van der Waals surface area contributed by atoms with Gasteiger partial charge in [0.05, 0.1) is 10.1 Å². The second-order valence-corrected chi connectivity index (χ2v) is 6.26. The lowest BCUT2D eigenvalue weighted by Crippen LogP contribution is -2.16. The molecule has 4 heteroatoms. The minimum Gasteiger partial charge on any atom is -0.0871 e. The molecular formula is C10H6Cl4. The molecule has 4 fully saturated rings. The molecule has 0 saturated heterocycles. The first-order valence-electron chi connectivity index (χ1n) is 4.75. The van der Waals surface area contributed by atoms with Crippen LogP contribution in [0.4, 0.5) is 0 Å². The topological polar surface area (TPSA) is 0 Å². The zero-order valence-corrected chi connectivity index (χ0v) is 10.00. The maximum Gasteiger partial charge on any atom is 0.0752 e. The summed E-state index contributed by atoms with van der Waals surface area (Å²) in [6.07, 6.45) is 0. The van der Waals surface area contributed by atoms with Gasteiger partial charge in [0.25, 0.3) is 0 Å². The minimum absolute atomic E-state index is 0.388. The first-order chi connectivity index (χ1) is 6.64. The van der Waals surface area contributed by atoms with Crippen LogP contribution >= 0.6 is 46.4 Å². The molecule has 2 atom stereocenters. The van der Waals surface area contributed by atoms with Gasteiger partial charge in [0.15, 0.2) is 0 Å². The Kier molecular flexibility index (Phi) is 1.45. The van der Waals surface area contributed by atoms with Crippen molar-refractivity contribution in [2.75, 3.05) is 0 Å². The van der Waals surface area contributed by atoms with Crippen LogP contribution in [-0.4, -0.2) is 0 Å². The molecule has 5 aliphatic rings. The first-order valence-corrected chi connectivity index (χ1v) is 6.26. The normalized spacial score (nSPS) is 57.4. The van der Waals surface area contributed by atoms with Crippen molar-refractivity contribution in [3.8, 4) is 0 Å². The zero-order valence-electron chi connectivity index (χ0n) is 6.98. The molecule has 0 aromatic carbocycles. The van der Waals surface area contributed by atoms with E-state index in [1.54, 1.807) is 0 Å². The number of hydrogen-bond donors (Lipinski definition) is 0. The average Bonchev–Trinajstić information content (AvgIpc) is 3.00. The number of rotatable bonds is 0. The molecule has 2 bridgehead atoms. The van der Waals surface area contributed by atoms with Crippen LogP contribution in [0, 0.1) is 35.5 Å². The third-order valence-corrected chi connectivity index (χ3v) is 6.31. The summed E-state index contributed by atoms with van der Waals surface area (Å²) >= 11 is 24.6. The number of halogens is 4. The molecule has 0 nitrogen and oxygen atoms in total. The third-order valence-electron chi connectivity index (χ3n) is 4.35. The summed E-state index contributed by atoms with van der Waals surface area (Å²) in [4.78, 5) is 0. The molecule has 0 aromatic heterocycles. The van der Waals surface area contributed by atoms with Gasteiger partial charge in [0.2, 0.25) is 0 Å². The van der Waals surface area contributed by atoms with Crippen LogP contribution in [0.3, 0.4) is 0 Å². The maximum atomic E-state index is 6.23. The van der Waals surface area contributed by atoms with E-state index in [4.69, 9.17) is 46.4 Å². The summed E-state index contributed by atoms with van der Waals surface area (Å²) in [5.74, 6) is 4.09. The van der Waals surface area contributed by atoms with Crippen molar-refractivity contribution >= 4 is 46.4 Å². The van der Waals surface area contributed by atoms with Crippen molar-refractivity contribution in [2.45, 2.75) is 0 Å².